The summed E-state index contributed by atoms with van der Waals surface area (Å²) in [6.07, 6.45) is 3.66. The molecule has 2 nitrogen and oxygen atoms in total. The third-order valence-corrected chi connectivity index (χ3v) is 4.87. The minimum absolute atomic E-state index is 0.243. The smallest absolute Gasteiger partial charge is 0.0409 e. The number of halogens is 1. The molecule has 0 aromatic heterocycles. The van der Waals surface area contributed by atoms with Gasteiger partial charge in [-0.1, -0.05) is 44.0 Å². The fourth-order valence-electron chi connectivity index (χ4n) is 3.03. The van der Waals surface area contributed by atoms with E-state index in [0.717, 1.165) is 24.7 Å². The quantitative estimate of drug-likeness (QED) is 0.880. The van der Waals surface area contributed by atoms with E-state index in [0.29, 0.717) is 6.04 Å². The van der Waals surface area contributed by atoms with E-state index in [1.165, 1.54) is 24.8 Å². The van der Waals surface area contributed by atoms with Crippen LogP contribution in [0.3, 0.4) is 0 Å². The summed E-state index contributed by atoms with van der Waals surface area (Å²) in [6.45, 7) is 10.1. The SMILES string of the molecule is CCCC1CN(Cc2cccc(Cl)c2)C(C)(CC)CN1. The van der Waals surface area contributed by atoms with Gasteiger partial charge in [-0.05, 0) is 37.5 Å². The lowest BCUT2D eigenvalue weighted by Gasteiger charge is -2.48. The average Bonchev–Trinajstić information content (AvgIpc) is 2.43. The van der Waals surface area contributed by atoms with E-state index in [9.17, 15) is 0 Å². The zero-order chi connectivity index (χ0) is 14.6. The maximum atomic E-state index is 6.12. The molecule has 2 atom stereocenters. The minimum atomic E-state index is 0.243. The van der Waals surface area contributed by atoms with E-state index in [4.69, 9.17) is 11.6 Å². The highest BCUT2D eigenvalue weighted by Crippen LogP contribution is 2.26. The van der Waals surface area contributed by atoms with Gasteiger partial charge in [0.1, 0.15) is 0 Å². The first-order chi connectivity index (χ1) is 9.57. The molecule has 0 amide bonds. The number of piperazine rings is 1. The molecule has 2 unspecified atom stereocenters. The highest BCUT2D eigenvalue weighted by Gasteiger charge is 2.35. The topological polar surface area (TPSA) is 15.3 Å². The van der Waals surface area contributed by atoms with Crippen molar-refractivity contribution in [3.8, 4) is 0 Å². The van der Waals surface area contributed by atoms with Crippen LogP contribution < -0.4 is 5.32 Å². The monoisotopic (exact) mass is 294 g/mol. The number of hydrogen-bond acceptors (Lipinski definition) is 2. The van der Waals surface area contributed by atoms with E-state index in [-0.39, 0.29) is 5.54 Å². The lowest BCUT2D eigenvalue weighted by Crippen LogP contribution is -2.62. The standard InChI is InChI=1S/C17H27ClN2/c1-4-7-16-12-20(17(3,5-2)13-19-16)11-14-8-6-9-15(18)10-14/h6,8-10,16,19H,4-5,7,11-13H2,1-3H3. The van der Waals surface area contributed by atoms with Crippen LogP contribution in [-0.2, 0) is 6.54 Å². The van der Waals surface area contributed by atoms with Gasteiger partial charge in [-0.25, -0.2) is 0 Å². The lowest BCUT2D eigenvalue weighted by atomic mass is 9.90. The summed E-state index contributed by atoms with van der Waals surface area (Å²) in [7, 11) is 0. The Kier molecular flexibility index (Phi) is 5.48. The molecule has 1 fully saturated rings. The molecule has 1 aliphatic rings. The van der Waals surface area contributed by atoms with E-state index < -0.39 is 0 Å². The minimum Gasteiger partial charge on any atom is -0.311 e. The molecule has 20 heavy (non-hydrogen) atoms. The number of rotatable bonds is 5. The van der Waals surface area contributed by atoms with Crippen molar-refractivity contribution in [3.05, 3.63) is 34.9 Å². The van der Waals surface area contributed by atoms with Crippen LogP contribution in [0.25, 0.3) is 0 Å². The Bertz CT molecular complexity index is 435. The fraction of sp³-hybridized carbons (Fsp3) is 0.647. The van der Waals surface area contributed by atoms with Crippen molar-refractivity contribution >= 4 is 11.6 Å². The van der Waals surface area contributed by atoms with Gasteiger partial charge in [0, 0.05) is 36.2 Å². The highest BCUT2D eigenvalue weighted by atomic mass is 35.5. The molecular weight excluding hydrogens is 268 g/mol. The largest absolute Gasteiger partial charge is 0.311 e. The molecule has 2 rings (SSSR count). The van der Waals surface area contributed by atoms with Gasteiger partial charge >= 0.3 is 0 Å². The third kappa shape index (κ3) is 3.75. The molecule has 112 valence electrons. The molecule has 1 aliphatic heterocycles. The summed E-state index contributed by atoms with van der Waals surface area (Å²) in [6, 6.07) is 8.89. The Balaban J connectivity index is 2.11. The van der Waals surface area contributed by atoms with Crippen LogP contribution in [0.1, 0.15) is 45.6 Å². The van der Waals surface area contributed by atoms with Crippen molar-refractivity contribution in [2.24, 2.45) is 0 Å². The maximum Gasteiger partial charge on any atom is 0.0409 e. The Labute approximate surface area is 128 Å². The van der Waals surface area contributed by atoms with Gasteiger partial charge in [0.25, 0.3) is 0 Å². The van der Waals surface area contributed by atoms with Crippen molar-refractivity contribution in [2.45, 2.75) is 58.2 Å². The number of hydrogen-bond donors (Lipinski definition) is 1. The first kappa shape index (κ1) is 15.8. The van der Waals surface area contributed by atoms with Gasteiger partial charge in [0.15, 0.2) is 0 Å². The predicted octanol–water partition coefficient (Wildman–Crippen LogP) is 4.08. The number of nitrogens with zero attached hydrogens (tertiary/aromatic N) is 1. The second kappa shape index (κ2) is 6.93. The van der Waals surface area contributed by atoms with Crippen molar-refractivity contribution in [2.75, 3.05) is 13.1 Å². The molecule has 0 bridgehead atoms. The molecule has 1 saturated heterocycles. The van der Waals surface area contributed by atoms with Crippen LogP contribution in [0.2, 0.25) is 5.02 Å². The summed E-state index contributed by atoms with van der Waals surface area (Å²) < 4.78 is 0. The Morgan fingerprint density at radius 2 is 2.20 bits per heavy atom. The van der Waals surface area contributed by atoms with Crippen LogP contribution in [0.15, 0.2) is 24.3 Å². The van der Waals surface area contributed by atoms with Crippen molar-refractivity contribution in [3.63, 3.8) is 0 Å². The van der Waals surface area contributed by atoms with E-state index in [2.05, 4.69) is 43.1 Å². The van der Waals surface area contributed by atoms with E-state index in [1.807, 2.05) is 12.1 Å². The molecule has 3 heteroatoms. The molecular formula is C17H27ClN2. The van der Waals surface area contributed by atoms with Crippen LogP contribution in [0, 0.1) is 0 Å². The van der Waals surface area contributed by atoms with Crippen LogP contribution in [0.4, 0.5) is 0 Å². The maximum absolute atomic E-state index is 6.12. The second-order valence-electron chi connectivity index (χ2n) is 6.23. The number of nitrogens with one attached hydrogen (secondary N) is 1. The molecule has 0 saturated carbocycles. The van der Waals surface area contributed by atoms with Crippen LogP contribution in [-0.4, -0.2) is 29.6 Å². The molecule has 0 spiro atoms. The van der Waals surface area contributed by atoms with E-state index in [1.54, 1.807) is 0 Å². The second-order valence-corrected chi connectivity index (χ2v) is 6.66. The van der Waals surface area contributed by atoms with Gasteiger partial charge in [-0.2, -0.15) is 0 Å². The molecule has 0 aliphatic carbocycles. The summed E-state index contributed by atoms with van der Waals surface area (Å²) in [5.74, 6) is 0. The van der Waals surface area contributed by atoms with Crippen molar-refractivity contribution in [1.82, 2.24) is 10.2 Å². The third-order valence-electron chi connectivity index (χ3n) is 4.64. The van der Waals surface area contributed by atoms with Crippen molar-refractivity contribution < 1.29 is 0 Å². The van der Waals surface area contributed by atoms with Gasteiger partial charge in [0.05, 0.1) is 0 Å². The lowest BCUT2D eigenvalue weighted by molar-refractivity contribution is 0.0397. The summed E-state index contributed by atoms with van der Waals surface area (Å²) in [5, 5.41) is 4.56. The fourth-order valence-corrected chi connectivity index (χ4v) is 3.24. The van der Waals surface area contributed by atoms with Gasteiger partial charge in [-0.3, -0.25) is 4.90 Å². The normalized spacial score (nSPS) is 27.7. The number of benzene rings is 1. The Morgan fingerprint density at radius 3 is 2.85 bits per heavy atom. The highest BCUT2D eigenvalue weighted by molar-refractivity contribution is 6.30. The molecule has 0 radical (unpaired) electrons. The van der Waals surface area contributed by atoms with Crippen molar-refractivity contribution in [1.29, 1.82) is 0 Å². The first-order valence-electron chi connectivity index (χ1n) is 7.80. The first-order valence-corrected chi connectivity index (χ1v) is 8.18. The zero-order valence-electron chi connectivity index (χ0n) is 13.0. The summed E-state index contributed by atoms with van der Waals surface area (Å²) in [4.78, 5) is 2.63. The van der Waals surface area contributed by atoms with E-state index >= 15 is 0 Å². The average molecular weight is 295 g/mol. The Hall–Kier alpha value is -0.570. The molecule has 1 heterocycles. The van der Waals surface area contributed by atoms with Gasteiger partial charge < -0.3 is 5.32 Å². The molecule has 1 N–H and O–H groups in total. The van der Waals surface area contributed by atoms with Gasteiger partial charge in [0.2, 0.25) is 0 Å². The predicted molar refractivity (Wildman–Crippen MR) is 87.3 cm³/mol. The Morgan fingerprint density at radius 1 is 1.40 bits per heavy atom. The van der Waals surface area contributed by atoms with Crippen LogP contribution in [0.5, 0.6) is 0 Å². The summed E-state index contributed by atoms with van der Waals surface area (Å²) in [5.41, 5.74) is 1.56. The van der Waals surface area contributed by atoms with Gasteiger partial charge in [-0.15, -0.1) is 0 Å². The summed E-state index contributed by atoms with van der Waals surface area (Å²) >= 11 is 6.12. The molecule has 1 aromatic rings. The molecule has 1 aromatic carbocycles. The van der Waals surface area contributed by atoms with Crippen LogP contribution >= 0.6 is 11.6 Å². The zero-order valence-corrected chi connectivity index (χ0v) is 13.7.